The highest BCUT2D eigenvalue weighted by Gasteiger charge is 2.13. The third-order valence-corrected chi connectivity index (χ3v) is 3.08. The van der Waals surface area contributed by atoms with Crippen molar-refractivity contribution in [1.82, 2.24) is 9.97 Å². The van der Waals surface area contributed by atoms with Crippen molar-refractivity contribution in [2.45, 2.75) is 20.3 Å². The molecule has 1 amide bonds. The van der Waals surface area contributed by atoms with Crippen LogP contribution in [0.3, 0.4) is 0 Å². The molecule has 2 aromatic rings. The number of hydrogen-bond acceptors (Lipinski definition) is 4. The van der Waals surface area contributed by atoms with Gasteiger partial charge in [-0.2, -0.15) is 0 Å². The van der Waals surface area contributed by atoms with Gasteiger partial charge in [0.1, 0.15) is 5.82 Å². The summed E-state index contributed by atoms with van der Waals surface area (Å²) in [7, 11) is 0. The number of hydrogen-bond donors (Lipinski definition) is 1. The van der Waals surface area contributed by atoms with Gasteiger partial charge in [0.05, 0.1) is 11.4 Å². The van der Waals surface area contributed by atoms with Crippen LogP contribution in [0.25, 0.3) is 11.1 Å². The summed E-state index contributed by atoms with van der Waals surface area (Å²) in [4.78, 5) is 24.1. The molecule has 3 heterocycles. The third-order valence-electron chi connectivity index (χ3n) is 3.08. The van der Waals surface area contributed by atoms with Crippen LogP contribution in [-0.2, 0) is 11.2 Å². The van der Waals surface area contributed by atoms with E-state index in [2.05, 4.69) is 20.3 Å². The molecule has 0 atom stereocenters. The molecule has 100 valence electrons. The molecule has 3 rings (SSSR count). The minimum absolute atomic E-state index is 0.137. The second-order valence-electron chi connectivity index (χ2n) is 4.82. The van der Waals surface area contributed by atoms with E-state index >= 15 is 0 Å². The Bertz CT molecular complexity index is 722. The molecule has 1 aliphatic heterocycles. The van der Waals surface area contributed by atoms with Crippen LogP contribution in [0, 0.1) is 0 Å². The summed E-state index contributed by atoms with van der Waals surface area (Å²) in [6, 6.07) is 5.74. The van der Waals surface area contributed by atoms with Gasteiger partial charge in [-0.3, -0.25) is 14.8 Å². The first kappa shape index (κ1) is 12.5. The van der Waals surface area contributed by atoms with Gasteiger partial charge >= 0.3 is 0 Å². The topological polar surface area (TPSA) is 67.2 Å². The van der Waals surface area contributed by atoms with Gasteiger partial charge < -0.3 is 5.32 Å². The predicted molar refractivity (Wildman–Crippen MR) is 78.2 cm³/mol. The molecule has 20 heavy (non-hydrogen) atoms. The maximum absolute atomic E-state index is 11.1. The van der Waals surface area contributed by atoms with E-state index in [1.807, 2.05) is 31.3 Å². The Morgan fingerprint density at radius 3 is 2.90 bits per heavy atom. The van der Waals surface area contributed by atoms with Gasteiger partial charge in [0, 0.05) is 37.0 Å². The quantitative estimate of drug-likeness (QED) is 0.908. The van der Waals surface area contributed by atoms with Crippen LogP contribution in [0.2, 0.25) is 0 Å². The van der Waals surface area contributed by atoms with E-state index in [1.54, 1.807) is 6.20 Å². The van der Waals surface area contributed by atoms with Crippen molar-refractivity contribution in [3.8, 4) is 11.1 Å². The molecule has 0 unspecified atom stereocenters. The van der Waals surface area contributed by atoms with Crippen molar-refractivity contribution in [3.05, 3.63) is 36.3 Å². The minimum atomic E-state index is -0.137. The van der Waals surface area contributed by atoms with Crippen LogP contribution in [-0.4, -0.2) is 21.6 Å². The van der Waals surface area contributed by atoms with Crippen molar-refractivity contribution in [2.24, 2.45) is 4.99 Å². The van der Waals surface area contributed by atoms with Gasteiger partial charge in [-0.05, 0) is 30.7 Å². The van der Waals surface area contributed by atoms with Gasteiger partial charge in [0.15, 0.2) is 0 Å². The summed E-state index contributed by atoms with van der Waals surface area (Å²) < 4.78 is 0. The van der Waals surface area contributed by atoms with E-state index < -0.39 is 0 Å². The van der Waals surface area contributed by atoms with Gasteiger partial charge in [-0.1, -0.05) is 0 Å². The lowest BCUT2D eigenvalue weighted by molar-refractivity contribution is -0.114. The van der Waals surface area contributed by atoms with Crippen LogP contribution in [0.15, 0.2) is 35.6 Å². The Hall–Kier alpha value is -2.56. The number of aliphatic imine (C=N–C) groups is 1. The smallest absolute Gasteiger partial charge is 0.222 e. The molecule has 1 N–H and O–H groups in total. The number of rotatable bonds is 2. The monoisotopic (exact) mass is 266 g/mol. The van der Waals surface area contributed by atoms with E-state index in [1.165, 1.54) is 6.92 Å². The molecule has 0 radical (unpaired) electrons. The summed E-state index contributed by atoms with van der Waals surface area (Å²) in [5, 5.41) is 2.68. The molecule has 0 bridgehead atoms. The molecule has 0 fully saturated rings. The van der Waals surface area contributed by atoms with Crippen LogP contribution in [0.1, 0.15) is 19.5 Å². The second-order valence-corrected chi connectivity index (χ2v) is 4.82. The summed E-state index contributed by atoms with van der Waals surface area (Å²) in [6.45, 7) is 3.46. The number of aromatic nitrogens is 2. The Balaban J connectivity index is 1.97. The van der Waals surface area contributed by atoms with Crippen molar-refractivity contribution in [1.29, 1.82) is 0 Å². The van der Waals surface area contributed by atoms with Crippen molar-refractivity contribution in [3.63, 3.8) is 0 Å². The number of carbonyl (C=O) groups is 1. The Labute approximate surface area is 116 Å². The largest absolute Gasteiger partial charge is 0.311 e. The van der Waals surface area contributed by atoms with E-state index in [9.17, 15) is 4.79 Å². The maximum Gasteiger partial charge on any atom is 0.222 e. The second kappa shape index (κ2) is 4.85. The zero-order chi connectivity index (χ0) is 14.1. The Morgan fingerprint density at radius 1 is 1.25 bits per heavy atom. The number of amides is 1. The molecule has 2 aromatic heterocycles. The first-order valence-electron chi connectivity index (χ1n) is 6.39. The van der Waals surface area contributed by atoms with Crippen molar-refractivity contribution < 1.29 is 4.79 Å². The molecule has 0 aromatic carbocycles. The van der Waals surface area contributed by atoms with E-state index in [-0.39, 0.29) is 5.91 Å². The first-order chi connectivity index (χ1) is 9.61. The summed E-state index contributed by atoms with van der Waals surface area (Å²) in [5.74, 6) is 0.400. The number of anilines is 1. The fourth-order valence-corrected chi connectivity index (χ4v) is 2.22. The lowest BCUT2D eigenvalue weighted by Crippen LogP contribution is -2.07. The van der Waals surface area contributed by atoms with Gasteiger partial charge in [-0.25, -0.2) is 4.98 Å². The fraction of sp³-hybridized carbons (Fsp3) is 0.200. The van der Waals surface area contributed by atoms with Crippen LogP contribution < -0.4 is 5.32 Å². The summed E-state index contributed by atoms with van der Waals surface area (Å²) >= 11 is 0. The number of nitrogens with zero attached hydrogens (tertiary/aromatic N) is 3. The fourth-order valence-electron chi connectivity index (χ4n) is 2.22. The normalized spacial score (nSPS) is 12.8. The molecule has 0 saturated heterocycles. The summed E-state index contributed by atoms with van der Waals surface area (Å²) in [5.41, 5.74) is 4.95. The number of carbonyl (C=O) groups excluding carboxylic acids is 1. The molecule has 5 heteroatoms. The standard InChI is InChI=1S/C15H14N4O/c1-9-5-13-14(18-9)6-12(8-17-13)11-3-4-16-15(7-11)19-10(2)20/h3-4,6-8H,5H2,1-2H3,(H,16,19,20). The van der Waals surface area contributed by atoms with Gasteiger partial charge in [-0.15, -0.1) is 0 Å². The van der Waals surface area contributed by atoms with Crippen LogP contribution in [0.5, 0.6) is 0 Å². The van der Waals surface area contributed by atoms with E-state index in [0.29, 0.717) is 5.82 Å². The molecule has 0 spiro atoms. The SMILES string of the molecule is CC(=O)Nc1cc(-c2cnc3c(c2)N=C(C)C3)ccn1. The lowest BCUT2D eigenvalue weighted by Gasteiger charge is -2.06. The molecule has 0 saturated carbocycles. The average Bonchev–Trinajstić information content (AvgIpc) is 2.77. The van der Waals surface area contributed by atoms with E-state index in [0.717, 1.165) is 34.6 Å². The van der Waals surface area contributed by atoms with Gasteiger partial charge in [0.25, 0.3) is 0 Å². The summed E-state index contributed by atoms with van der Waals surface area (Å²) in [6.07, 6.45) is 4.32. The average molecular weight is 266 g/mol. The predicted octanol–water partition coefficient (Wildman–Crippen LogP) is 2.75. The van der Waals surface area contributed by atoms with Crippen molar-refractivity contribution >= 4 is 23.1 Å². The van der Waals surface area contributed by atoms with Crippen LogP contribution >= 0.6 is 0 Å². The Kier molecular flexibility index (Phi) is 3.02. The van der Waals surface area contributed by atoms with Crippen molar-refractivity contribution in [2.75, 3.05) is 5.32 Å². The van der Waals surface area contributed by atoms with Crippen LogP contribution in [0.4, 0.5) is 11.5 Å². The Morgan fingerprint density at radius 2 is 2.10 bits per heavy atom. The number of nitrogens with one attached hydrogen (secondary N) is 1. The highest BCUT2D eigenvalue weighted by Crippen LogP contribution is 2.30. The van der Waals surface area contributed by atoms with E-state index in [4.69, 9.17) is 0 Å². The lowest BCUT2D eigenvalue weighted by atomic mass is 10.1. The highest BCUT2D eigenvalue weighted by atomic mass is 16.1. The number of fused-ring (bicyclic) bond motifs is 1. The number of pyridine rings is 2. The molecular weight excluding hydrogens is 252 g/mol. The first-order valence-corrected chi connectivity index (χ1v) is 6.39. The zero-order valence-corrected chi connectivity index (χ0v) is 11.3. The molecular formula is C15H14N4O. The molecule has 0 aliphatic carbocycles. The van der Waals surface area contributed by atoms with Gasteiger partial charge in [0.2, 0.25) is 5.91 Å². The molecule has 5 nitrogen and oxygen atoms in total. The third kappa shape index (κ3) is 2.42. The zero-order valence-electron chi connectivity index (χ0n) is 11.3. The maximum atomic E-state index is 11.1. The highest BCUT2D eigenvalue weighted by molar-refractivity contribution is 5.92. The minimum Gasteiger partial charge on any atom is -0.311 e. The molecule has 1 aliphatic rings.